The van der Waals surface area contributed by atoms with Crippen molar-refractivity contribution < 1.29 is 116 Å². The number of sulfonamides is 1. The molecule has 0 aliphatic carbocycles. The molecule has 0 aliphatic heterocycles. The van der Waals surface area contributed by atoms with Crippen LogP contribution in [0.4, 0.5) is 83.4 Å². The summed E-state index contributed by atoms with van der Waals surface area (Å²) in [4.78, 5) is 21.4. The highest BCUT2D eigenvalue weighted by Gasteiger charge is 2.97. The van der Waals surface area contributed by atoms with E-state index >= 15 is 0 Å². The fourth-order valence-electron chi connectivity index (χ4n) is 3.42. The first-order valence-electron chi connectivity index (χ1n) is 12.0. The van der Waals surface area contributed by atoms with Gasteiger partial charge in [-0.25, -0.2) is 8.42 Å². The van der Waals surface area contributed by atoms with Gasteiger partial charge in [0.25, 0.3) is 10.0 Å². The Bertz CT molecular complexity index is 1280. The third kappa shape index (κ3) is 7.47. The number of carbonyl (C=O) groups excluding carboxylic acids is 1. The minimum atomic E-state index is -9.25. The van der Waals surface area contributed by atoms with Gasteiger partial charge in [0.15, 0.2) is 0 Å². The van der Waals surface area contributed by atoms with E-state index in [9.17, 15) is 107 Å². The van der Waals surface area contributed by atoms with Gasteiger partial charge in [0.2, 0.25) is 0 Å². The number of carboxylic acid groups (broad SMARTS) is 2. The summed E-state index contributed by atoms with van der Waals surface area (Å²) in [5.41, 5.74) is 0. The van der Waals surface area contributed by atoms with Gasteiger partial charge in [-0.2, -0.15) is 87.7 Å². The standard InChI is InChI=1S/C20H21F19N2O6S/c1-41(2,9-5-11(44)45)8-3-6-40(7-4-10(42)43)48(46,47)20(38,39)18(33,34)16(29,30)14(25,26)12(21,22)13(23,24)15(27,28)17(31,32)19(35,36)37/h3-9H2,1-2H3,(H-,42,43,44,45). The van der Waals surface area contributed by atoms with E-state index in [4.69, 9.17) is 5.11 Å². The molecule has 0 radical (unpaired) electrons. The van der Waals surface area contributed by atoms with Crippen LogP contribution in [0.1, 0.15) is 19.3 Å². The second-order valence-electron chi connectivity index (χ2n) is 10.4. The Labute approximate surface area is 255 Å². The number of quaternary nitrogens is 1. The quantitative estimate of drug-likeness (QED) is 0.155. The SMILES string of the molecule is C[N+](C)(CCCN(CCC(=O)O)S(=O)(=O)C(F)(F)C(F)(F)C(F)(F)C(F)(F)C(F)(F)C(F)(F)C(F)(F)C(F)(F)C(F)(F)F)CCC(=O)[O-]. The molecule has 0 aromatic carbocycles. The molecule has 0 fully saturated rings. The zero-order valence-corrected chi connectivity index (χ0v) is 24.2. The van der Waals surface area contributed by atoms with E-state index in [1.807, 2.05) is 0 Å². The van der Waals surface area contributed by atoms with Crippen molar-refractivity contribution in [3.63, 3.8) is 0 Å². The summed E-state index contributed by atoms with van der Waals surface area (Å²) >= 11 is 0. The van der Waals surface area contributed by atoms with E-state index < -0.39 is 123 Å². The predicted molar refractivity (Wildman–Crippen MR) is 114 cm³/mol. The zero-order valence-electron chi connectivity index (χ0n) is 23.4. The molecule has 28 heteroatoms. The fraction of sp³-hybridized carbons (Fsp3) is 0.900. The zero-order chi connectivity index (χ0) is 39.2. The van der Waals surface area contributed by atoms with Crippen LogP contribution in [0.25, 0.3) is 0 Å². The molecule has 286 valence electrons. The Hall–Kier alpha value is -2.52. The molecule has 1 N–H and O–H groups in total. The molecule has 0 aromatic heterocycles. The number of hydrogen-bond acceptors (Lipinski definition) is 5. The molecule has 0 saturated heterocycles. The molecule has 0 saturated carbocycles. The highest BCUT2D eigenvalue weighted by atomic mass is 32.2. The Balaban J connectivity index is 7.03. The maximum absolute atomic E-state index is 14.6. The first-order valence-corrected chi connectivity index (χ1v) is 13.5. The lowest BCUT2D eigenvalue weighted by Gasteiger charge is -2.44. The Morgan fingerprint density at radius 3 is 1.29 bits per heavy atom. The third-order valence-corrected chi connectivity index (χ3v) is 8.37. The number of alkyl halides is 19. The lowest BCUT2D eigenvalue weighted by Crippen LogP contribution is -2.76. The van der Waals surface area contributed by atoms with Gasteiger partial charge < -0.3 is 19.5 Å². The molecule has 0 heterocycles. The normalized spacial score (nSPS) is 15.6. The number of carbonyl (C=O) groups is 2. The minimum absolute atomic E-state index is 0.382. The number of hydrogen-bond donors (Lipinski definition) is 1. The molecule has 8 nitrogen and oxygen atoms in total. The largest absolute Gasteiger partial charge is 0.550 e. The maximum atomic E-state index is 14.6. The number of rotatable bonds is 19. The minimum Gasteiger partial charge on any atom is -0.550 e. The van der Waals surface area contributed by atoms with Gasteiger partial charge in [0.1, 0.15) is 0 Å². The van der Waals surface area contributed by atoms with Crippen molar-refractivity contribution in [3.05, 3.63) is 0 Å². The second-order valence-corrected chi connectivity index (χ2v) is 12.4. The molecule has 0 unspecified atom stereocenters. The molecule has 48 heavy (non-hydrogen) atoms. The van der Waals surface area contributed by atoms with Crippen LogP contribution in [-0.2, 0) is 19.6 Å². The van der Waals surface area contributed by atoms with E-state index in [1.54, 1.807) is 0 Å². The summed E-state index contributed by atoms with van der Waals surface area (Å²) in [6, 6.07) is 0. The van der Waals surface area contributed by atoms with Gasteiger partial charge in [0, 0.05) is 31.9 Å². The van der Waals surface area contributed by atoms with E-state index in [0.717, 1.165) is 14.1 Å². The van der Waals surface area contributed by atoms with E-state index in [1.165, 1.54) is 0 Å². The molecule has 0 amide bonds. The van der Waals surface area contributed by atoms with Gasteiger partial charge in [-0.1, -0.05) is 0 Å². The predicted octanol–water partition coefficient (Wildman–Crippen LogP) is 4.30. The van der Waals surface area contributed by atoms with Crippen LogP contribution in [0.2, 0.25) is 0 Å². The van der Waals surface area contributed by atoms with Gasteiger partial charge in [-0.3, -0.25) is 4.79 Å². The van der Waals surface area contributed by atoms with E-state index in [-0.39, 0.29) is 6.54 Å². The molecule has 0 aliphatic rings. The van der Waals surface area contributed by atoms with Crippen molar-refractivity contribution in [2.75, 3.05) is 40.3 Å². The average Bonchev–Trinajstić information content (AvgIpc) is 2.87. The van der Waals surface area contributed by atoms with Gasteiger partial charge >= 0.3 is 58.9 Å². The third-order valence-electron chi connectivity index (χ3n) is 6.42. The molecule has 0 atom stereocenters. The fourth-order valence-corrected chi connectivity index (χ4v) is 4.90. The number of halogens is 19. The maximum Gasteiger partial charge on any atom is 0.460 e. The van der Waals surface area contributed by atoms with Crippen molar-refractivity contribution in [2.45, 2.75) is 72.2 Å². The summed E-state index contributed by atoms with van der Waals surface area (Å²) < 4.78 is 282. The van der Waals surface area contributed by atoms with Crippen molar-refractivity contribution in [1.82, 2.24) is 4.31 Å². The summed E-state index contributed by atoms with van der Waals surface area (Å²) in [6.07, 6.45) is -11.4. The van der Waals surface area contributed by atoms with Crippen molar-refractivity contribution in [1.29, 1.82) is 0 Å². The Morgan fingerprint density at radius 2 is 0.958 bits per heavy atom. The van der Waals surface area contributed by atoms with Crippen LogP contribution in [0.5, 0.6) is 0 Å². The monoisotopic (exact) mass is 778 g/mol. The van der Waals surface area contributed by atoms with Crippen LogP contribution in [0.3, 0.4) is 0 Å². The molecule has 0 bridgehead atoms. The highest BCUT2D eigenvalue weighted by Crippen LogP contribution is 2.65. The molecule has 0 aromatic rings. The van der Waals surface area contributed by atoms with Crippen LogP contribution in [-0.4, -0.2) is 127 Å². The topological polar surface area (TPSA) is 115 Å². The first kappa shape index (κ1) is 45.5. The van der Waals surface area contributed by atoms with Gasteiger partial charge in [-0.15, -0.1) is 0 Å². The molecular formula is C20H21F19N2O6S. The van der Waals surface area contributed by atoms with E-state index in [0.29, 0.717) is 0 Å². The molecular weight excluding hydrogens is 757 g/mol. The average molecular weight is 778 g/mol. The Kier molecular flexibility index (Phi) is 12.6. The molecule has 0 rings (SSSR count). The van der Waals surface area contributed by atoms with Crippen LogP contribution in [0.15, 0.2) is 0 Å². The number of carboxylic acids is 2. The summed E-state index contributed by atoms with van der Waals surface area (Å²) in [7, 11) is -5.46. The summed E-state index contributed by atoms with van der Waals surface area (Å²) in [5, 5.41) is 11.3. The smallest absolute Gasteiger partial charge is 0.460 e. The lowest BCUT2D eigenvalue weighted by molar-refractivity contribution is -0.890. The van der Waals surface area contributed by atoms with E-state index in [2.05, 4.69) is 0 Å². The van der Waals surface area contributed by atoms with Crippen molar-refractivity contribution in [2.24, 2.45) is 0 Å². The summed E-state index contributed by atoms with van der Waals surface area (Å²) in [5.74, 6) is -66.6. The van der Waals surface area contributed by atoms with Crippen LogP contribution in [0, 0.1) is 0 Å². The lowest BCUT2D eigenvalue weighted by atomic mass is 9.89. The first-order chi connectivity index (χ1) is 20.7. The summed E-state index contributed by atoms with van der Waals surface area (Å²) in [6.45, 7) is -4.51. The highest BCUT2D eigenvalue weighted by molar-refractivity contribution is 7.90. The number of aliphatic carboxylic acids is 2. The molecule has 0 spiro atoms. The van der Waals surface area contributed by atoms with Gasteiger partial charge in [-0.05, 0) is 0 Å². The second kappa shape index (κ2) is 13.3. The number of nitrogens with zero attached hydrogens (tertiary/aromatic N) is 2. The van der Waals surface area contributed by atoms with Crippen molar-refractivity contribution >= 4 is 22.0 Å². The van der Waals surface area contributed by atoms with Crippen molar-refractivity contribution in [3.8, 4) is 0 Å². The Morgan fingerprint density at radius 1 is 0.604 bits per heavy atom. The van der Waals surface area contributed by atoms with Gasteiger partial charge in [0.05, 0.1) is 33.6 Å². The van der Waals surface area contributed by atoms with Crippen LogP contribution >= 0.6 is 0 Å². The van der Waals surface area contributed by atoms with Crippen LogP contribution < -0.4 is 5.11 Å².